The second kappa shape index (κ2) is 9.13. The summed E-state index contributed by atoms with van der Waals surface area (Å²) in [6, 6.07) is 6.74. The van der Waals surface area contributed by atoms with Gasteiger partial charge in [-0.3, -0.25) is 9.52 Å². The first-order chi connectivity index (χ1) is 17.7. The van der Waals surface area contributed by atoms with Crippen LogP contribution in [0.25, 0.3) is 0 Å². The molecule has 2 aliphatic carbocycles. The highest BCUT2D eigenvalue weighted by molar-refractivity contribution is 7.92. The van der Waals surface area contributed by atoms with Crippen molar-refractivity contribution in [3.63, 3.8) is 0 Å². The van der Waals surface area contributed by atoms with Gasteiger partial charge in [-0.05, 0) is 74.5 Å². The molecule has 1 aromatic heterocycles. The zero-order valence-electron chi connectivity index (χ0n) is 21.1. The van der Waals surface area contributed by atoms with Crippen molar-refractivity contribution in [2.45, 2.75) is 39.0 Å². The third kappa shape index (κ3) is 5.24. The van der Waals surface area contributed by atoms with Crippen LogP contribution >= 0.6 is 0 Å². The van der Waals surface area contributed by atoms with Crippen molar-refractivity contribution in [2.75, 3.05) is 58.4 Å². The molecule has 198 valence electrons. The van der Waals surface area contributed by atoms with E-state index in [9.17, 15) is 13.2 Å². The lowest BCUT2D eigenvalue weighted by molar-refractivity contribution is 0.102. The third-order valence-corrected chi connectivity index (χ3v) is 9.61. The van der Waals surface area contributed by atoms with E-state index < -0.39 is 16.6 Å². The first kappa shape index (κ1) is 24.4. The topological polar surface area (TPSA) is 128 Å². The number of aryl methyl sites for hydroxylation is 1. The highest BCUT2D eigenvalue weighted by Gasteiger charge is 2.46. The third-order valence-electron chi connectivity index (χ3n) is 8.34. The molecule has 2 saturated carbocycles. The number of benzene rings is 1. The lowest BCUT2D eigenvalue weighted by Crippen LogP contribution is -2.36. The molecule has 2 atom stereocenters. The number of amides is 1. The summed E-state index contributed by atoms with van der Waals surface area (Å²) in [7, 11) is -3.68. The van der Waals surface area contributed by atoms with E-state index in [1.807, 2.05) is 6.92 Å². The van der Waals surface area contributed by atoms with Gasteiger partial charge in [0.05, 0.1) is 29.3 Å². The summed E-state index contributed by atoms with van der Waals surface area (Å²) in [5.41, 5.74) is 2.80. The maximum absolute atomic E-state index is 13.5. The normalized spacial score (nSPS) is 23.6. The zero-order chi connectivity index (χ0) is 25.8. The molecule has 11 heteroatoms. The molecule has 3 heterocycles. The van der Waals surface area contributed by atoms with Crippen molar-refractivity contribution in [2.24, 2.45) is 17.3 Å². The Bertz CT molecular complexity index is 1310. The molecule has 0 radical (unpaired) electrons. The number of piperidine rings is 2. The largest absolute Gasteiger partial charge is 0.395 e. The molecular formula is C26H34N6O4S. The number of rotatable bonds is 8. The number of aromatic nitrogens is 2. The van der Waals surface area contributed by atoms with Crippen molar-refractivity contribution in [1.82, 2.24) is 9.97 Å². The Hall–Kier alpha value is -2.92. The van der Waals surface area contributed by atoms with Crippen LogP contribution in [0.5, 0.6) is 0 Å². The average molecular weight is 527 g/mol. The Morgan fingerprint density at radius 3 is 2.49 bits per heavy atom. The molecule has 2 aliphatic heterocycles. The number of carbonyl (C=O) groups is 1. The van der Waals surface area contributed by atoms with Gasteiger partial charge in [0.1, 0.15) is 5.82 Å². The molecule has 1 aromatic carbocycles. The van der Waals surface area contributed by atoms with E-state index in [-0.39, 0.29) is 11.7 Å². The van der Waals surface area contributed by atoms with E-state index in [4.69, 9.17) is 5.11 Å². The van der Waals surface area contributed by atoms with Gasteiger partial charge < -0.3 is 20.2 Å². The quantitative estimate of drug-likeness (QED) is 0.479. The van der Waals surface area contributed by atoms with Crippen molar-refractivity contribution >= 4 is 39.1 Å². The number of carbonyl (C=O) groups excluding carboxylic acids is 1. The first-order valence-corrected chi connectivity index (χ1v) is 14.8. The van der Waals surface area contributed by atoms with Crippen molar-refractivity contribution in [3.05, 3.63) is 35.5 Å². The Labute approximate surface area is 217 Å². The van der Waals surface area contributed by atoms with Crippen molar-refractivity contribution < 1.29 is 18.3 Å². The minimum absolute atomic E-state index is 0.292. The number of anilines is 4. The van der Waals surface area contributed by atoms with Crippen LogP contribution in [0, 0.1) is 24.2 Å². The average Bonchev–Trinajstić information content (AvgIpc) is 3.75. The summed E-state index contributed by atoms with van der Waals surface area (Å²) in [4.78, 5) is 27.1. The van der Waals surface area contributed by atoms with Crippen LogP contribution < -0.4 is 19.8 Å². The second-order valence-electron chi connectivity index (χ2n) is 11.2. The molecular weight excluding hydrogens is 492 g/mol. The highest BCUT2D eigenvalue weighted by Crippen LogP contribution is 2.54. The number of fused-ring (bicyclic) bond motifs is 1. The number of aliphatic hydroxyl groups excluding tert-OH is 1. The van der Waals surface area contributed by atoms with E-state index >= 15 is 0 Å². The van der Waals surface area contributed by atoms with Gasteiger partial charge in [0.25, 0.3) is 5.91 Å². The maximum Gasteiger partial charge on any atom is 0.258 e. The maximum atomic E-state index is 13.5. The fourth-order valence-corrected chi connectivity index (χ4v) is 6.63. The SMILES string of the molecule is Cc1cc(NC(=O)c2ccc(NS(=O)(=O)CCO)cc2N2CCC3(CC2)CC3)nc(N2C[C@@H]3C[C@H]3C2)n1. The molecule has 4 aliphatic rings. The molecule has 3 N–H and O–H groups in total. The van der Waals surface area contributed by atoms with Crippen LogP contribution in [0.2, 0.25) is 0 Å². The van der Waals surface area contributed by atoms with Gasteiger partial charge in [0, 0.05) is 37.9 Å². The van der Waals surface area contributed by atoms with Gasteiger partial charge in [0.15, 0.2) is 0 Å². The molecule has 2 aromatic rings. The Morgan fingerprint density at radius 2 is 1.81 bits per heavy atom. The molecule has 4 fully saturated rings. The summed E-state index contributed by atoms with van der Waals surface area (Å²) < 4.78 is 27.0. The molecule has 1 amide bonds. The Morgan fingerprint density at radius 1 is 1.08 bits per heavy atom. The Balaban J connectivity index is 1.25. The van der Waals surface area contributed by atoms with Crippen LogP contribution in [0.1, 0.15) is 48.2 Å². The predicted octanol–water partition coefficient (Wildman–Crippen LogP) is 2.61. The van der Waals surface area contributed by atoms with Gasteiger partial charge in [0.2, 0.25) is 16.0 Å². The van der Waals surface area contributed by atoms with Crippen LogP contribution in [0.3, 0.4) is 0 Å². The van der Waals surface area contributed by atoms with Gasteiger partial charge in [-0.15, -0.1) is 0 Å². The highest BCUT2D eigenvalue weighted by atomic mass is 32.2. The standard InChI is InChI=1S/C26H34N6O4S/c1-17-12-23(29-25(27-17)32-15-18-13-19(18)16-32)28-24(34)21-3-2-20(30-37(35,36)11-10-33)14-22(21)31-8-6-26(4-5-26)7-9-31/h2-3,12,14,18-19,30,33H,4-11,13,15-16H2,1H3,(H,27,28,29,34)/t18-,19-/m0/s1. The molecule has 1 spiro atoms. The van der Waals surface area contributed by atoms with E-state index in [0.29, 0.717) is 34.1 Å². The van der Waals surface area contributed by atoms with Crippen LogP contribution in [-0.2, 0) is 10.0 Å². The van der Waals surface area contributed by atoms with Crippen LogP contribution in [0.15, 0.2) is 24.3 Å². The number of hydrogen-bond acceptors (Lipinski definition) is 8. The monoisotopic (exact) mass is 526 g/mol. The fraction of sp³-hybridized carbons (Fsp3) is 0.577. The van der Waals surface area contributed by atoms with E-state index in [2.05, 4.69) is 29.8 Å². The van der Waals surface area contributed by atoms with Gasteiger partial charge in [-0.1, -0.05) is 0 Å². The summed E-state index contributed by atoms with van der Waals surface area (Å²) in [6.45, 7) is 5.02. The predicted molar refractivity (Wildman–Crippen MR) is 143 cm³/mol. The van der Waals surface area contributed by atoms with E-state index in [1.54, 1.807) is 24.3 Å². The smallest absolute Gasteiger partial charge is 0.258 e. The van der Waals surface area contributed by atoms with Gasteiger partial charge in [-0.25, -0.2) is 13.4 Å². The molecule has 6 rings (SSSR count). The zero-order valence-corrected chi connectivity index (χ0v) is 21.9. The number of nitrogens with zero attached hydrogens (tertiary/aromatic N) is 4. The summed E-state index contributed by atoms with van der Waals surface area (Å²) >= 11 is 0. The lowest BCUT2D eigenvalue weighted by Gasteiger charge is -2.35. The molecule has 0 unspecified atom stereocenters. The lowest BCUT2D eigenvalue weighted by atomic mass is 9.93. The van der Waals surface area contributed by atoms with Crippen LogP contribution in [-0.4, -0.2) is 67.9 Å². The fourth-order valence-electron chi connectivity index (χ4n) is 5.80. The van der Waals surface area contributed by atoms with Crippen LogP contribution in [0.4, 0.5) is 23.1 Å². The molecule has 10 nitrogen and oxygen atoms in total. The summed E-state index contributed by atoms with van der Waals surface area (Å²) in [5, 5.41) is 12.0. The number of hydrogen-bond donors (Lipinski definition) is 3. The number of aliphatic hydroxyl groups is 1. The van der Waals surface area contributed by atoms with Crippen molar-refractivity contribution in [3.8, 4) is 0 Å². The number of nitrogens with one attached hydrogen (secondary N) is 2. The van der Waals surface area contributed by atoms with E-state index in [1.165, 1.54) is 19.3 Å². The van der Waals surface area contributed by atoms with Crippen molar-refractivity contribution in [1.29, 1.82) is 0 Å². The summed E-state index contributed by atoms with van der Waals surface area (Å²) in [6.07, 6.45) is 5.96. The summed E-state index contributed by atoms with van der Waals surface area (Å²) in [5.74, 6) is 1.93. The van der Waals surface area contributed by atoms with E-state index in [0.717, 1.165) is 56.6 Å². The molecule has 0 bridgehead atoms. The van der Waals surface area contributed by atoms with Gasteiger partial charge in [-0.2, -0.15) is 4.98 Å². The minimum atomic E-state index is -3.68. The van der Waals surface area contributed by atoms with Gasteiger partial charge >= 0.3 is 0 Å². The molecule has 37 heavy (non-hydrogen) atoms. The first-order valence-electron chi connectivity index (χ1n) is 13.1. The second-order valence-corrected chi connectivity index (χ2v) is 13.0. The Kier molecular flexibility index (Phi) is 6.02. The minimum Gasteiger partial charge on any atom is -0.395 e. The number of sulfonamides is 1. The molecule has 2 saturated heterocycles.